The van der Waals surface area contributed by atoms with Crippen LogP contribution in [-0.4, -0.2) is 30.5 Å². The van der Waals surface area contributed by atoms with Crippen molar-refractivity contribution in [2.75, 3.05) is 13.2 Å². The fraction of sp³-hybridized carbons (Fsp3) is 0.500. The molecule has 1 rings (SSSR count). The Hall–Kier alpha value is -0.425. The smallest absolute Gasteiger partial charge is 0.423 e. The monoisotopic (exact) mass is 318 g/mol. The molecule has 100 valence electrons. The van der Waals surface area contributed by atoms with Crippen LogP contribution in [-0.2, 0) is 9.98 Å². The first kappa shape index (κ1) is 15.6. The lowest BCUT2D eigenvalue weighted by Gasteiger charge is -2.23. The number of hydrogen-bond donors (Lipinski definition) is 2. The van der Waals surface area contributed by atoms with Gasteiger partial charge in [0.15, 0.2) is 0 Å². The van der Waals surface area contributed by atoms with Gasteiger partial charge < -0.3 is 14.8 Å². The Morgan fingerprint density at radius 2 is 2.11 bits per heavy atom. The molecule has 0 fully saturated rings. The minimum absolute atomic E-state index is 0.0333. The predicted molar refractivity (Wildman–Crippen MR) is 73.5 cm³/mol. The van der Waals surface area contributed by atoms with E-state index in [0.717, 1.165) is 0 Å². The number of aliphatic hydroxyl groups is 1. The van der Waals surface area contributed by atoms with Crippen molar-refractivity contribution in [2.24, 2.45) is 5.41 Å². The topological polar surface area (TPSA) is 49.7 Å². The van der Waals surface area contributed by atoms with Crippen LogP contribution in [0.4, 0.5) is 4.39 Å². The van der Waals surface area contributed by atoms with Gasteiger partial charge in [-0.2, -0.15) is 0 Å². The molecule has 0 amide bonds. The molecule has 18 heavy (non-hydrogen) atoms. The average molecular weight is 319 g/mol. The molecule has 0 aliphatic heterocycles. The summed E-state index contributed by atoms with van der Waals surface area (Å²) in [7, 11) is -1.12. The van der Waals surface area contributed by atoms with Crippen molar-refractivity contribution in [3.63, 3.8) is 0 Å². The molecule has 6 heteroatoms. The van der Waals surface area contributed by atoms with E-state index in [2.05, 4.69) is 15.9 Å². The molecule has 2 N–H and O–H groups in total. The van der Waals surface area contributed by atoms with Gasteiger partial charge in [-0.05, 0) is 23.2 Å². The molecule has 0 saturated carbocycles. The Kier molecular flexibility index (Phi) is 5.78. The summed E-state index contributed by atoms with van der Waals surface area (Å²) >= 11 is 3.24. The molecule has 0 aliphatic carbocycles. The first-order valence-corrected chi connectivity index (χ1v) is 6.76. The number of aliphatic hydroxyl groups excluding tert-OH is 1. The minimum Gasteiger partial charge on any atom is -0.423 e. The fourth-order valence-corrected chi connectivity index (χ4v) is 1.86. The van der Waals surface area contributed by atoms with E-state index in [1.54, 1.807) is 0 Å². The second-order valence-corrected chi connectivity index (χ2v) is 5.52. The molecule has 0 unspecified atom stereocenters. The number of alkyl halides is 1. The standard InChI is InChI=1S/C12H17BBrFO3/c1-12(2,7-16)8-18-13(17)11-4-3-10(15)5-9(11)6-14/h3-5,16-17H,6-8H2,1-2H3. The Bertz CT molecular complexity index is 401. The van der Waals surface area contributed by atoms with Crippen molar-refractivity contribution in [1.29, 1.82) is 0 Å². The molecule has 0 aliphatic rings. The van der Waals surface area contributed by atoms with E-state index in [9.17, 15) is 9.41 Å². The molecule has 1 aromatic carbocycles. The van der Waals surface area contributed by atoms with Crippen molar-refractivity contribution >= 4 is 28.5 Å². The quantitative estimate of drug-likeness (QED) is 0.616. The summed E-state index contributed by atoms with van der Waals surface area (Å²) in [5, 5.41) is 19.5. The minimum atomic E-state index is -1.12. The molecule has 0 atom stereocenters. The Labute approximate surface area is 115 Å². The van der Waals surface area contributed by atoms with Gasteiger partial charge in [0.2, 0.25) is 0 Å². The highest BCUT2D eigenvalue weighted by atomic mass is 79.9. The van der Waals surface area contributed by atoms with Crippen molar-refractivity contribution in [1.82, 2.24) is 0 Å². The molecule has 0 heterocycles. The maximum absolute atomic E-state index is 13.1. The van der Waals surface area contributed by atoms with Gasteiger partial charge in [0.1, 0.15) is 5.82 Å². The summed E-state index contributed by atoms with van der Waals surface area (Å²) in [6.07, 6.45) is 0. The number of halogens is 2. The van der Waals surface area contributed by atoms with Gasteiger partial charge in [0.25, 0.3) is 0 Å². The fourth-order valence-electron chi connectivity index (χ4n) is 1.37. The van der Waals surface area contributed by atoms with Crippen LogP contribution in [0.2, 0.25) is 0 Å². The highest BCUT2D eigenvalue weighted by molar-refractivity contribution is 9.08. The van der Waals surface area contributed by atoms with Crippen molar-refractivity contribution in [3.8, 4) is 0 Å². The van der Waals surface area contributed by atoms with Crippen LogP contribution in [0, 0.1) is 11.2 Å². The van der Waals surface area contributed by atoms with Gasteiger partial charge in [-0.1, -0.05) is 35.8 Å². The van der Waals surface area contributed by atoms with E-state index >= 15 is 0 Å². The first-order chi connectivity index (χ1) is 8.39. The zero-order valence-electron chi connectivity index (χ0n) is 10.5. The van der Waals surface area contributed by atoms with E-state index in [1.807, 2.05) is 13.8 Å². The van der Waals surface area contributed by atoms with Crippen LogP contribution >= 0.6 is 15.9 Å². The summed E-state index contributed by atoms with van der Waals surface area (Å²) in [6.45, 7) is 3.84. The molecule has 0 bridgehead atoms. The van der Waals surface area contributed by atoms with E-state index < -0.39 is 12.5 Å². The van der Waals surface area contributed by atoms with Crippen LogP contribution < -0.4 is 5.46 Å². The summed E-state index contributed by atoms with van der Waals surface area (Å²) < 4.78 is 18.4. The van der Waals surface area contributed by atoms with Gasteiger partial charge >= 0.3 is 7.12 Å². The highest BCUT2D eigenvalue weighted by Crippen LogP contribution is 2.14. The Morgan fingerprint density at radius 3 is 2.67 bits per heavy atom. The molecule has 1 aromatic rings. The van der Waals surface area contributed by atoms with Crippen molar-refractivity contribution in [2.45, 2.75) is 19.2 Å². The van der Waals surface area contributed by atoms with Crippen LogP contribution in [0.15, 0.2) is 18.2 Å². The molecule has 3 nitrogen and oxygen atoms in total. The second kappa shape index (κ2) is 6.66. The van der Waals surface area contributed by atoms with Gasteiger partial charge in [0.05, 0.1) is 6.61 Å². The molecular formula is C12H17BBrFO3. The molecule has 0 radical (unpaired) electrons. The summed E-state index contributed by atoms with van der Waals surface area (Å²) in [5.41, 5.74) is 0.751. The lowest BCUT2D eigenvalue weighted by Crippen LogP contribution is -2.39. The van der Waals surface area contributed by atoms with Crippen LogP contribution in [0.3, 0.4) is 0 Å². The van der Waals surface area contributed by atoms with E-state index in [1.165, 1.54) is 18.2 Å². The second-order valence-electron chi connectivity index (χ2n) is 4.96. The zero-order chi connectivity index (χ0) is 13.8. The number of rotatable bonds is 6. The van der Waals surface area contributed by atoms with Gasteiger partial charge in [0, 0.05) is 17.4 Å². The van der Waals surface area contributed by atoms with Crippen molar-refractivity contribution in [3.05, 3.63) is 29.6 Å². The number of hydrogen-bond acceptors (Lipinski definition) is 3. The van der Waals surface area contributed by atoms with Crippen molar-refractivity contribution < 1.29 is 19.2 Å². The molecule has 0 saturated heterocycles. The van der Waals surface area contributed by atoms with E-state index in [-0.39, 0.29) is 19.0 Å². The normalized spacial score (nSPS) is 11.7. The SMILES string of the molecule is CC(C)(CO)COB(O)c1ccc(F)cc1CBr. The Morgan fingerprint density at radius 1 is 1.44 bits per heavy atom. The third-order valence-corrected chi connectivity index (χ3v) is 3.18. The zero-order valence-corrected chi connectivity index (χ0v) is 12.1. The third kappa shape index (κ3) is 4.35. The van der Waals surface area contributed by atoms with Crippen LogP contribution in [0.1, 0.15) is 19.4 Å². The summed E-state index contributed by atoms with van der Waals surface area (Å²) in [6, 6.07) is 4.14. The molecular weight excluding hydrogens is 302 g/mol. The molecule has 0 aromatic heterocycles. The Balaban J connectivity index is 2.75. The maximum Gasteiger partial charge on any atom is 0.491 e. The van der Waals surface area contributed by atoms with E-state index in [4.69, 9.17) is 9.76 Å². The highest BCUT2D eigenvalue weighted by Gasteiger charge is 2.25. The van der Waals surface area contributed by atoms with E-state index in [0.29, 0.717) is 16.4 Å². The molecule has 0 spiro atoms. The van der Waals surface area contributed by atoms with Crippen LogP contribution in [0.5, 0.6) is 0 Å². The van der Waals surface area contributed by atoms with Gasteiger partial charge in [-0.3, -0.25) is 0 Å². The van der Waals surface area contributed by atoms with Gasteiger partial charge in [-0.25, -0.2) is 4.39 Å². The maximum atomic E-state index is 13.1. The lowest BCUT2D eigenvalue weighted by molar-refractivity contribution is 0.0886. The predicted octanol–water partition coefficient (Wildman–Crippen LogP) is 1.44. The third-order valence-electron chi connectivity index (χ3n) is 2.58. The summed E-state index contributed by atoms with van der Waals surface area (Å²) in [5.74, 6) is -0.351. The van der Waals surface area contributed by atoms with Gasteiger partial charge in [-0.15, -0.1) is 0 Å². The number of benzene rings is 1. The first-order valence-electron chi connectivity index (χ1n) is 5.64. The average Bonchev–Trinajstić information content (AvgIpc) is 2.36. The lowest BCUT2D eigenvalue weighted by atomic mass is 9.76. The largest absolute Gasteiger partial charge is 0.491 e. The summed E-state index contributed by atoms with van der Waals surface area (Å²) in [4.78, 5) is 0. The van der Waals surface area contributed by atoms with Crippen LogP contribution in [0.25, 0.3) is 0 Å².